The summed E-state index contributed by atoms with van der Waals surface area (Å²) < 4.78 is 1.01. The Labute approximate surface area is 103 Å². The average molecular weight is 247 g/mol. The topological polar surface area (TPSA) is 68.0 Å². The first-order valence-corrected chi connectivity index (χ1v) is 6.51. The molecule has 1 amide bonds. The Morgan fingerprint density at radius 2 is 2.29 bits per heavy atom. The summed E-state index contributed by atoms with van der Waals surface area (Å²) in [6.07, 6.45) is 3.17. The van der Waals surface area contributed by atoms with E-state index in [4.69, 9.17) is 5.73 Å². The molecular weight excluding hydrogens is 234 g/mol. The maximum atomic E-state index is 11.8. The number of nitrogens with two attached hydrogens (primary N) is 1. The number of nitrogen functional groups attached to an aromatic ring is 1. The Balaban J connectivity index is 1.83. The molecule has 1 aliphatic rings. The zero-order valence-electron chi connectivity index (χ0n) is 9.27. The number of amides is 1. The molecular formula is C12H13N3OS. The molecule has 0 unspecified atom stereocenters. The number of carbonyl (C=O) groups is 1. The van der Waals surface area contributed by atoms with Gasteiger partial charge in [-0.1, -0.05) is 17.8 Å². The van der Waals surface area contributed by atoms with E-state index in [-0.39, 0.29) is 11.8 Å². The highest BCUT2D eigenvalue weighted by molar-refractivity contribution is 7.22. The van der Waals surface area contributed by atoms with Crippen molar-refractivity contribution in [3.05, 3.63) is 18.2 Å². The number of hydrogen-bond donors (Lipinski definition) is 2. The minimum absolute atomic E-state index is 0.100. The van der Waals surface area contributed by atoms with Crippen LogP contribution in [0.2, 0.25) is 0 Å². The average Bonchev–Trinajstić information content (AvgIpc) is 2.55. The Morgan fingerprint density at radius 1 is 1.47 bits per heavy atom. The number of anilines is 2. The molecule has 2 aromatic rings. The van der Waals surface area contributed by atoms with E-state index in [0.29, 0.717) is 5.13 Å². The minimum Gasteiger partial charge on any atom is -0.399 e. The van der Waals surface area contributed by atoms with Gasteiger partial charge in [-0.3, -0.25) is 4.79 Å². The second-order valence-corrected chi connectivity index (χ2v) is 5.39. The molecule has 1 aromatic heterocycles. The van der Waals surface area contributed by atoms with Gasteiger partial charge in [0, 0.05) is 11.6 Å². The Bertz CT molecular complexity index is 574. The maximum Gasteiger partial charge on any atom is 0.229 e. The third-order valence-corrected chi connectivity index (χ3v) is 4.05. The highest BCUT2D eigenvalue weighted by Crippen LogP contribution is 2.30. The molecule has 0 spiro atoms. The van der Waals surface area contributed by atoms with Gasteiger partial charge in [-0.2, -0.15) is 0 Å². The summed E-state index contributed by atoms with van der Waals surface area (Å²) in [6.45, 7) is 0. The first kappa shape index (κ1) is 10.5. The van der Waals surface area contributed by atoms with Gasteiger partial charge in [0.05, 0.1) is 10.2 Å². The molecule has 1 saturated carbocycles. The van der Waals surface area contributed by atoms with Gasteiger partial charge in [-0.05, 0) is 31.0 Å². The van der Waals surface area contributed by atoms with Crippen LogP contribution in [-0.4, -0.2) is 10.9 Å². The van der Waals surface area contributed by atoms with E-state index in [2.05, 4.69) is 10.3 Å². The molecule has 3 rings (SSSR count). The van der Waals surface area contributed by atoms with Crippen molar-refractivity contribution in [1.82, 2.24) is 4.98 Å². The second kappa shape index (κ2) is 4.00. The first-order valence-electron chi connectivity index (χ1n) is 5.69. The third kappa shape index (κ3) is 1.98. The van der Waals surface area contributed by atoms with Gasteiger partial charge in [-0.15, -0.1) is 0 Å². The number of nitrogens with zero attached hydrogens (tertiary/aromatic N) is 1. The number of aromatic nitrogens is 1. The van der Waals surface area contributed by atoms with E-state index in [0.717, 1.165) is 35.2 Å². The van der Waals surface area contributed by atoms with Crippen molar-refractivity contribution < 1.29 is 4.79 Å². The van der Waals surface area contributed by atoms with E-state index in [1.807, 2.05) is 18.2 Å². The molecule has 1 aromatic carbocycles. The van der Waals surface area contributed by atoms with Crippen LogP contribution in [0.4, 0.5) is 10.8 Å². The maximum absolute atomic E-state index is 11.8. The Hall–Kier alpha value is -1.62. The normalized spacial score (nSPS) is 15.8. The van der Waals surface area contributed by atoms with Crippen LogP contribution in [0.25, 0.3) is 10.2 Å². The van der Waals surface area contributed by atoms with Gasteiger partial charge in [0.25, 0.3) is 0 Å². The van der Waals surface area contributed by atoms with Crippen LogP contribution in [0.5, 0.6) is 0 Å². The summed E-state index contributed by atoms with van der Waals surface area (Å²) >= 11 is 1.47. The predicted octanol–water partition coefficient (Wildman–Crippen LogP) is 2.62. The standard InChI is InChI=1S/C12H13N3OS/c13-8-4-5-9-10(6-8)17-12(14-9)15-11(16)7-2-1-3-7/h4-7H,1-3,13H2,(H,14,15,16). The van der Waals surface area contributed by atoms with Crippen molar-refractivity contribution in [2.45, 2.75) is 19.3 Å². The molecule has 5 heteroatoms. The molecule has 0 radical (unpaired) electrons. The fourth-order valence-electron chi connectivity index (χ4n) is 1.87. The quantitative estimate of drug-likeness (QED) is 0.801. The molecule has 1 fully saturated rings. The van der Waals surface area contributed by atoms with Gasteiger partial charge in [0.1, 0.15) is 0 Å². The lowest BCUT2D eigenvalue weighted by Gasteiger charge is -2.23. The summed E-state index contributed by atoms with van der Waals surface area (Å²) in [6, 6.07) is 5.58. The van der Waals surface area contributed by atoms with E-state index in [1.54, 1.807) is 0 Å². The van der Waals surface area contributed by atoms with Crippen molar-refractivity contribution >= 4 is 38.3 Å². The number of benzene rings is 1. The van der Waals surface area contributed by atoms with Crippen molar-refractivity contribution in [3.63, 3.8) is 0 Å². The zero-order valence-corrected chi connectivity index (χ0v) is 10.1. The van der Waals surface area contributed by atoms with Crippen molar-refractivity contribution in [2.75, 3.05) is 11.1 Å². The molecule has 0 atom stereocenters. The third-order valence-electron chi connectivity index (χ3n) is 3.12. The second-order valence-electron chi connectivity index (χ2n) is 4.36. The Kier molecular flexibility index (Phi) is 2.48. The van der Waals surface area contributed by atoms with E-state index in [9.17, 15) is 4.79 Å². The number of carbonyl (C=O) groups excluding carboxylic acids is 1. The van der Waals surface area contributed by atoms with Crippen LogP contribution >= 0.6 is 11.3 Å². The highest BCUT2D eigenvalue weighted by Gasteiger charge is 2.25. The van der Waals surface area contributed by atoms with Gasteiger partial charge < -0.3 is 11.1 Å². The minimum atomic E-state index is 0.100. The number of fused-ring (bicyclic) bond motifs is 1. The number of nitrogens with one attached hydrogen (secondary N) is 1. The summed E-state index contributed by atoms with van der Waals surface area (Å²) in [7, 11) is 0. The lowest BCUT2D eigenvalue weighted by atomic mass is 9.85. The van der Waals surface area contributed by atoms with E-state index >= 15 is 0 Å². The van der Waals surface area contributed by atoms with E-state index in [1.165, 1.54) is 11.3 Å². The molecule has 88 valence electrons. The molecule has 17 heavy (non-hydrogen) atoms. The van der Waals surface area contributed by atoms with Crippen LogP contribution in [0.1, 0.15) is 19.3 Å². The largest absolute Gasteiger partial charge is 0.399 e. The lowest BCUT2D eigenvalue weighted by molar-refractivity contribution is -0.122. The van der Waals surface area contributed by atoms with Gasteiger partial charge in [0.15, 0.2) is 5.13 Å². The summed E-state index contributed by atoms with van der Waals surface area (Å²) in [5.74, 6) is 0.287. The van der Waals surface area contributed by atoms with Crippen LogP contribution in [0.3, 0.4) is 0 Å². The molecule has 0 aliphatic heterocycles. The fraction of sp³-hybridized carbons (Fsp3) is 0.333. The zero-order chi connectivity index (χ0) is 11.8. The lowest BCUT2D eigenvalue weighted by Crippen LogP contribution is -2.27. The molecule has 1 heterocycles. The summed E-state index contributed by atoms with van der Waals surface area (Å²) in [5, 5.41) is 3.55. The van der Waals surface area contributed by atoms with Crippen LogP contribution in [0.15, 0.2) is 18.2 Å². The number of thiazole rings is 1. The van der Waals surface area contributed by atoms with Crippen molar-refractivity contribution in [3.8, 4) is 0 Å². The SMILES string of the molecule is Nc1ccc2nc(NC(=O)C3CCC3)sc2c1. The molecule has 1 aliphatic carbocycles. The summed E-state index contributed by atoms with van der Waals surface area (Å²) in [5.41, 5.74) is 7.31. The number of rotatable bonds is 2. The monoisotopic (exact) mass is 247 g/mol. The van der Waals surface area contributed by atoms with Crippen LogP contribution in [-0.2, 0) is 4.79 Å². The van der Waals surface area contributed by atoms with Gasteiger partial charge in [0.2, 0.25) is 5.91 Å². The molecule has 3 N–H and O–H groups in total. The number of hydrogen-bond acceptors (Lipinski definition) is 4. The van der Waals surface area contributed by atoms with Crippen LogP contribution in [0, 0.1) is 5.92 Å². The Morgan fingerprint density at radius 3 is 3.00 bits per heavy atom. The van der Waals surface area contributed by atoms with Crippen LogP contribution < -0.4 is 11.1 Å². The van der Waals surface area contributed by atoms with E-state index < -0.39 is 0 Å². The van der Waals surface area contributed by atoms with Crippen molar-refractivity contribution in [2.24, 2.45) is 5.92 Å². The molecule has 4 nitrogen and oxygen atoms in total. The fourth-order valence-corrected chi connectivity index (χ4v) is 2.79. The molecule has 0 bridgehead atoms. The predicted molar refractivity (Wildman–Crippen MR) is 70.0 cm³/mol. The molecule has 0 saturated heterocycles. The smallest absolute Gasteiger partial charge is 0.229 e. The van der Waals surface area contributed by atoms with Gasteiger partial charge in [-0.25, -0.2) is 4.98 Å². The summed E-state index contributed by atoms with van der Waals surface area (Å²) in [4.78, 5) is 16.1. The van der Waals surface area contributed by atoms with Crippen molar-refractivity contribution in [1.29, 1.82) is 0 Å². The van der Waals surface area contributed by atoms with Gasteiger partial charge >= 0.3 is 0 Å². The highest BCUT2D eigenvalue weighted by atomic mass is 32.1. The first-order chi connectivity index (χ1) is 8.22.